The van der Waals surface area contributed by atoms with Crippen molar-refractivity contribution in [1.82, 2.24) is 24.7 Å². The summed E-state index contributed by atoms with van der Waals surface area (Å²) in [5.74, 6) is -2.13. The minimum absolute atomic E-state index is 0.0242. The Kier molecular flexibility index (Phi) is 11.8. The molecule has 2 aromatic carbocycles. The van der Waals surface area contributed by atoms with Crippen molar-refractivity contribution in [3.63, 3.8) is 0 Å². The van der Waals surface area contributed by atoms with Crippen LogP contribution in [0.5, 0.6) is 0 Å². The molecular weight excluding hydrogens is 685 g/mol. The number of aromatic nitrogens is 3. The molecule has 3 heterocycles. The lowest BCUT2D eigenvalue weighted by atomic mass is 10.1. The molecule has 8 N–H and O–H groups in total. The minimum Gasteiger partial charge on any atom is -0.460 e. The summed E-state index contributed by atoms with van der Waals surface area (Å²) in [6.07, 6.45) is -4.54. The van der Waals surface area contributed by atoms with E-state index >= 15 is 0 Å². The fourth-order valence-electron chi connectivity index (χ4n) is 5.38. The van der Waals surface area contributed by atoms with Gasteiger partial charge in [0, 0.05) is 6.20 Å². The lowest BCUT2D eigenvalue weighted by molar-refractivity contribution is -0.147. The maximum absolute atomic E-state index is 14.3. The SMILES string of the molecule is Cc1nc(N)c2c(C(N)=O)cn([C@@H]3OC(COP(=O)(N[C@@H](C)C(=O)OCc4ccccc4)N[C@H](C)C(=O)OCc4ccccc4)[C@@H](O)[C@H]3O)c2n1. The second-order valence-corrected chi connectivity index (χ2v) is 13.8. The van der Waals surface area contributed by atoms with Gasteiger partial charge in [-0.25, -0.2) is 20.1 Å². The van der Waals surface area contributed by atoms with Gasteiger partial charge in [0.25, 0.3) is 5.91 Å². The largest absolute Gasteiger partial charge is 0.460 e. The molecule has 1 saturated heterocycles. The maximum atomic E-state index is 14.3. The van der Waals surface area contributed by atoms with E-state index in [2.05, 4.69) is 20.1 Å². The molecule has 5 rings (SSSR count). The number of hydrogen-bond acceptors (Lipinski definition) is 13. The molecule has 1 aliphatic rings. The number of amides is 1. The molecule has 4 aromatic rings. The Balaban J connectivity index is 1.32. The molecule has 1 amide bonds. The van der Waals surface area contributed by atoms with Crippen LogP contribution in [0.2, 0.25) is 0 Å². The molecule has 0 aliphatic carbocycles. The Morgan fingerprint density at radius 1 is 0.922 bits per heavy atom. The van der Waals surface area contributed by atoms with Gasteiger partial charge in [-0.05, 0) is 31.9 Å². The number of aliphatic hydroxyl groups excluding tert-OH is 2. The molecule has 0 radical (unpaired) electrons. The zero-order chi connectivity index (χ0) is 36.9. The average molecular weight is 726 g/mol. The van der Waals surface area contributed by atoms with Gasteiger partial charge in [-0.3, -0.25) is 18.9 Å². The van der Waals surface area contributed by atoms with Gasteiger partial charge in [0.1, 0.15) is 60.9 Å². The first-order chi connectivity index (χ1) is 24.3. The summed E-state index contributed by atoms with van der Waals surface area (Å²) >= 11 is 0. The van der Waals surface area contributed by atoms with Crippen LogP contribution in [-0.2, 0) is 46.1 Å². The first kappa shape index (κ1) is 37.5. The summed E-state index contributed by atoms with van der Waals surface area (Å²) in [5, 5.41) is 27.3. The highest BCUT2D eigenvalue weighted by molar-refractivity contribution is 7.54. The average Bonchev–Trinajstić information content (AvgIpc) is 3.62. The minimum atomic E-state index is -4.36. The van der Waals surface area contributed by atoms with E-state index in [0.29, 0.717) is 0 Å². The van der Waals surface area contributed by atoms with E-state index in [9.17, 15) is 29.2 Å². The van der Waals surface area contributed by atoms with Crippen LogP contribution < -0.4 is 21.6 Å². The van der Waals surface area contributed by atoms with Crippen molar-refractivity contribution in [2.24, 2.45) is 5.73 Å². The highest BCUT2D eigenvalue weighted by Gasteiger charge is 2.46. The summed E-state index contributed by atoms with van der Waals surface area (Å²) in [6, 6.07) is 15.4. The van der Waals surface area contributed by atoms with E-state index in [-0.39, 0.29) is 41.5 Å². The molecule has 51 heavy (non-hydrogen) atoms. The van der Waals surface area contributed by atoms with Gasteiger partial charge in [0.2, 0.25) is 0 Å². The van der Waals surface area contributed by atoms with Crippen molar-refractivity contribution in [2.45, 2.75) is 70.6 Å². The van der Waals surface area contributed by atoms with Gasteiger partial charge in [0.05, 0.1) is 17.6 Å². The zero-order valence-corrected chi connectivity index (χ0v) is 28.9. The Labute approximate surface area is 292 Å². The number of fused-ring (bicyclic) bond motifs is 1. The molecule has 0 saturated carbocycles. The van der Waals surface area contributed by atoms with Gasteiger partial charge in [-0.2, -0.15) is 0 Å². The van der Waals surface area contributed by atoms with Gasteiger partial charge >= 0.3 is 19.6 Å². The number of carbonyl (C=O) groups is 3. The first-order valence-corrected chi connectivity index (χ1v) is 17.6. The molecule has 0 bridgehead atoms. The maximum Gasteiger partial charge on any atom is 0.342 e. The fourth-order valence-corrected chi connectivity index (χ4v) is 7.19. The number of primary amides is 1. The molecule has 17 nitrogen and oxygen atoms in total. The number of hydrogen-bond donors (Lipinski definition) is 6. The summed E-state index contributed by atoms with van der Waals surface area (Å²) in [4.78, 5) is 46.4. The number of nitrogens with zero attached hydrogens (tertiary/aromatic N) is 3. The quantitative estimate of drug-likeness (QED) is 0.0752. The molecular formula is C33H40N7O10P. The monoisotopic (exact) mass is 725 g/mol. The molecule has 1 fully saturated rings. The van der Waals surface area contributed by atoms with Crippen LogP contribution in [0.25, 0.3) is 11.0 Å². The van der Waals surface area contributed by atoms with Crippen molar-refractivity contribution in [2.75, 3.05) is 12.3 Å². The van der Waals surface area contributed by atoms with Crippen LogP contribution >= 0.6 is 7.67 Å². The van der Waals surface area contributed by atoms with E-state index in [4.69, 9.17) is 30.2 Å². The standard InChI is InChI=1S/C33H40N7O10P/c1-18(32(44)47-15-21-10-6-4-7-11-21)38-51(46,39-19(2)33(45)48-16-22-12-8-5-9-13-22)49-17-24-26(41)27(42)31(50-24)40-14-23(29(35)43)25-28(34)36-20(3)37-30(25)40/h4-14,18-19,24,26-27,31,41-42H,15-17H2,1-3H3,(H2,35,43)(H2,34,36,37)(H2,38,39,46)/t18-,19+,24?,26-,27-,31-,51?/m1/s1. The lowest BCUT2D eigenvalue weighted by Gasteiger charge is -2.27. The second kappa shape index (κ2) is 16.1. The Bertz CT molecular complexity index is 1840. The normalized spacial score (nSPS) is 21.1. The Morgan fingerprint density at radius 3 is 1.96 bits per heavy atom. The summed E-state index contributed by atoms with van der Waals surface area (Å²) in [6.45, 7) is 3.66. The fraction of sp³-hybridized carbons (Fsp3) is 0.364. The van der Waals surface area contributed by atoms with Crippen molar-refractivity contribution < 1.29 is 47.9 Å². The molecule has 0 spiro atoms. The van der Waals surface area contributed by atoms with Gasteiger partial charge in [0.15, 0.2) is 6.23 Å². The molecule has 1 aliphatic heterocycles. The summed E-state index contributed by atoms with van der Waals surface area (Å²) < 4.78 is 38.0. The third kappa shape index (κ3) is 8.95. The number of nitrogens with one attached hydrogen (secondary N) is 2. The third-order valence-corrected chi connectivity index (χ3v) is 9.96. The molecule has 7 atom stereocenters. The molecule has 18 heteroatoms. The number of benzene rings is 2. The number of carbonyl (C=O) groups excluding carboxylic acids is 3. The number of nitrogen functional groups attached to an aromatic ring is 1. The topological polar surface area (TPSA) is 252 Å². The van der Waals surface area contributed by atoms with Gasteiger partial charge in [-0.1, -0.05) is 60.7 Å². The number of nitrogens with two attached hydrogens (primary N) is 2. The third-order valence-electron chi connectivity index (χ3n) is 7.99. The summed E-state index contributed by atoms with van der Waals surface area (Å²) in [7, 11) is -4.36. The number of aryl methyl sites for hydroxylation is 1. The summed E-state index contributed by atoms with van der Waals surface area (Å²) in [5.41, 5.74) is 13.2. The van der Waals surface area contributed by atoms with Crippen LogP contribution in [0.15, 0.2) is 66.9 Å². The van der Waals surface area contributed by atoms with Crippen molar-refractivity contribution in [3.05, 3.63) is 89.4 Å². The highest BCUT2D eigenvalue weighted by Crippen LogP contribution is 2.42. The highest BCUT2D eigenvalue weighted by atomic mass is 31.2. The van der Waals surface area contributed by atoms with Crippen molar-refractivity contribution in [1.29, 1.82) is 0 Å². The number of aliphatic hydroxyl groups is 2. The Morgan fingerprint density at radius 2 is 1.45 bits per heavy atom. The lowest BCUT2D eigenvalue weighted by Crippen LogP contribution is -2.43. The van der Waals surface area contributed by atoms with Gasteiger partial charge < -0.3 is 45.0 Å². The first-order valence-electron chi connectivity index (χ1n) is 15.9. The van der Waals surface area contributed by atoms with E-state index in [0.717, 1.165) is 11.1 Å². The smallest absolute Gasteiger partial charge is 0.342 e. The zero-order valence-electron chi connectivity index (χ0n) is 28.0. The van der Waals surface area contributed by atoms with E-state index in [1.54, 1.807) is 55.5 Å². The predicted octanol–water partition coefficient (Wildman–Crippen LogP) is 1.61. The van der Waals surface area contributed by atoms with E-state index < -0.39 is 68.7 Å². The van der Waals surface area contributed by atoms with Crippen LogP contribution in [-0.4, -0.2) is 79.6 Å². The van der Waals surface area contributed by atoms with Crippen LogP contribution in [0.4, 0.5) is 5.82 Å². The number of ether oxygens (including phenoxy) is 3. The number of anilines is 1. The van der Waals surface area contributed by atoms with E-state index in [1.807, 2.05) is 12.1 Å². The van der Waals surface area contributed by atoms with Crippen molar-refractivity contribution in [3.8, 4) is 0 Å². The number of esters is 2. The van der Waals surface area contributed by atoms with Crippen LogP contribution in [0.1, 0.15) is 47.4 Å². The van der Waals surface area contributed by atoms with E-state index in [1.165, 1.54) is 24.6 Å². The van der Waals surface area contributed by atoms with Crippen molar-refractivity contribution >= 4 is 42.4 Å². The molecule has 2 aromatic heterocycles. The Hall–Kier alpha value is -4.74. The van der Waals surface area contributed by atoms with Crippen LogP contribution in [0, 0.1) is 6.92 Å². The number of rotatable bonds is 15. The molecule has 2 unspecified atom stereocenters. The van der Waals surface area contributed by atoms with Crippen LogP contribution in [0.3, 0.4) is 0 Å². The molecule has 272 valence electrons. The predicted molar refractivity (Wildman–Crippen MR) is 182 cm³/mol. The second-order valence-electron chi connectivity index (χ2n) is 12.0. The van der Waals surface area contributed by atoms with Gasteiger partial charge in [-0.15, -0.1) is 0 Å².